The van der Waals surface area contributed by atoms with Crippen LogP contribution in [-0.2, 0) is 13.6 Å². The summed E-state index contributed by atoms with van der Waals surface area (Å²) in [6.45, 7) is 9.53. The Morgan fingerprint density at radius 2 is 1.94 bits per heavy atom. The fourth-order valence-electron chi connectivity index (χ4n) is 3.69. The SMILES string of the molecule is CCCN(Cc1cc(C(C)C)c2c(C)nn(C)c2n1)/C(=N/C#N)Nc1cc(Cl)nc(Cl)c1. The third kappa shape index (κ3) is 5.29. The average molecular weight is 473 g/mol. The minimum Gasteiger partial charge on any atom is -0.336 e. The molecule has 0 aliphatic rings. The van der Waals surface area contributed by atoms with Crippen molar-refractivity contribution < 1.29 is 0 Å². The molecule has 3 heterocycles. The largest absolute Gasteiger partial charge is 0.336 e. The number of nitriles is 1. The molecule has 8 nitrogen and oxygen atoms in total. The molecule has 0 aliphatic carbocycles. The number of anilines is 1. The number of nitrogens with one attached hydrogen (secondary N) is 1. The first-order chi connectivity index (χ1) is 15.2. The fourth-order valence-corrected chi connectivity index (χ4v) is 4.15. The number of aromatic nitrogens is 4. The summed E-state index contributed by atoms with van der Waals surface area (Å²) >= 11 is 12.1. The summed E-state index contributed by atoms with van der Waals surface area (Å²) < 4.78 is 1.81. The maximum Gasteiger partial charge on any atom is 0.214 e. The van der Waals surface area contributed by atoms with Crippen LogP contribution in [0, 0.1) is 18.4 Å². The van der Waals surface area contributed by atoms with Gasteiger partial charge in [0, 0.05) is 24.7 Å². The monoisotopic (exact) mass is 472 g/mol. The molecule has 0 saturated carbocycles. The van der Waals surface area contributed by atoms with E-state index in [1.54, 1.807) is 12.1 Å². The van der Waals surface area contributed by atoms with Crippen LogP contribution in [0.15, 0.2) is 23.2 Å². The van der Waals surface area contributed by atoms with E-state index in [2.05, 4.69) is 47.2 Å². The van der Waals surface area contributed by atoms with Crippen LogP contribution in [0.4, 0.5) is 5.69 Å². The molecule has 3 rings (SSSR count). The topological polar surface area (TPSA) is 95.0 Å². The third-order valence-electron chi connectivity index (χ3n) is 5.00. The molecule has 0 bridgehead atoms. The summed E-state index contributed by atoms with van der Waals surface area (Å²) in [5.41, 5.74) is 4.48. The fraction of sp³-hybridized carbons (Fsp3) is 0.409. The molecule has 0 amide bonds. The number of rotatable bonds is 6. The number of pyridine rings is 2. The highest BCUT2D eigenvalue weighted by atomic mass is 35.5. The van der Waals surface area contributed by atoms with Crippen LogP contribution in [0.1, 0.15) is 50.1 Å². The Hall–Kier alpha value is -2.89. The standard InChI is InChI=1S/C22H26Cl2N8/c1-6-7-32(22(26-12-25)28-15-9-18(23)29-19(24)10-15)11-16-8-17(13(2)3)20-14(4)30-31(5)21(20)27-16/h8-10,13H,6-7,11H2,1-5H3,(H,26,28,29). The predicted molar refractivity (Wildman–Crippen MR) is 129 cm³/mol. The number of guanidine groups is 1. The maximum atomic E-state index is 9.31. The van der Waals surface area contributed by atoms with E-state index in [4.69, 9.17) is 28.2 Å². The van der Waals surface area contributed by atoms with Gasteiger partial charge in [-0.05, 0) is 43.0 Å². The van der Waals surface area contributed by atoms with E-state index in [0.29, 0.717) is 30.7 Å². The Morgan fingerprint density at radius 1 is 1.25 bits per heavy atom. The molecule has 0 saturated heterocycles. The van der Waals surface area contributed by atoms with Crippen LogP contribution in [0.2, 0.25) is 10.3 Å². The van der Waals surface area contributed by atoms with Gasteiger partial charge < -0.3 is 10.2 Å². The maximum absolute atomic E-state index is 9.31. The van der Waals surface area contributed by atoms with Crippen molar-refractivity contribution in [3.63, 3.8) is 0 Å². The molecule has 0 aliphatic heterocycles. The van der Waals surface area contributed by atoms with E-state index >= 15 is 0 Å². The van der Waals surface area contributed by atoms with Crippen LogP contribution >= 0.6 is 23.2 Å². The molecule has 0 unspecified atom stereocenters. The van der Waals surface area contributed by atoms with Crippen LogP contribution < -0.4 is 5.32 Å². The Kier molecular flexibility index (Phi) is 7.54. The normalized spacial score (nSPS) is 11.8. The lowest BCUT2D eigenvalue weighted by Gasteiger charge is -2.26. The van der Waals surface area contributed by atoms with Gasteiger partial charge in [-0.25, -0.2) is 9.97 Å². The van der Waals surface area contributed by atoms with Crippen LogP contribution in [0.5, 0.6) is 0 Å². The van der Waals surface area contributed by atoms with Crippen LogP contribution in [0.3, 0.4) is 0 Å². The van der Waals surface area contributed by atoms with Crippen molar-refractivity contribution in [3.05, 3.63) is 45.5 Å². The molecular weight excluding hydrogens is 447 g/mol. The van der Waals surface area contributed by atoms with Crippen molar-refractivity contribution in [2.75, 3.05) is 11.9 Å². The van der Waals surface area contributed by atoms with Gasteiger partial charge in [0.25, 0.3) is 0 Å². The quantitative estimate of drug-likeness (QED) is 0.227. The van der Waals surface area contributed by atoms with E-state index in [1.807, 2.05) is 29.7 Å². The van der Waals surface area contributed by atoms with Gasteiger partial charge in [-0.1, -0.05) is 44.0 Å². The average Bonchev–Trinajstić information content (AvgIpc) is 2.99. The summed E-state index contributed by atoms with van der Waals surface area (Å²) in [7, 11) is 1.90. The van der Waals surface area contributed by atoms with Crippen molar-refractivity contribution in [2.45, 2.75) is 46.6 Å². The molecule has 0 spiro atoms. The number of aliphatic imine (C=N–C) groups is 1. The number of halogens is 2. The smallest absolute Gasteiger partial charge is 0.214 e. The molecule has 1 N–H and O–H groups in total. The van der Waals surface area contributed by atoms with E-state index < -0.39 is 0 Å². The summed E-state index contributed by atoms with van der Waals surface area (Å²) in [5, 5.41) is 18.6. The Balaban J connectivity index is 2.00. The zero-order valence-corrected chi connectivity index (χ0v) is 20.3. The molecule has 3 aromatic rings. The second-order valence-corrected chi connectivity index (χ2v) is 8.62. The van der Waals surface area contributed by atoms with Crippen LogP contribution in [0.25, 0.3) is 11.0 Å². The minimum absolute atomic E-state index is 0.249. The lowest BCUT2D eigenvalue weighted by molar-refractivity contribution is 0.406. The van der Waals surface area contributed by atoms with Gasteiger partial charge in [0.1, 0.15) is 10.3 Å². The van der Waals surface area contributed by atoms with E-state index in [1.165, 1.54) is 5.56 Å². The van der Waals surface area contributed by atoms with Crippen molar-refractivity contribution in [1.29, 1.82) is 5.26 Å². The highest BCUT2D eigenvalue weighted by molar-refractivity contribution is 6.33. The molecule has 3 aromatic heterocycles. The minimum atomic E-state index is 0.249. The Bertz CT molecular complexity index is 1170. The van der Waals surface area contributed by atoms with E-state index in [0.717, 1.165) is 28.8 Å². The highest BCUT2D eigenvalue weighted by Gasteiger charge is 2.19. The molecule has 0 atom stereocenters. The molecule has 0 aromatic carbocycles. The van der Waals surface area contributed by atoms with E-state index in [9.17, 15) is 5.26 Å². The summed E-state index contributed by atoms with van der Waals surface area (Å²) in [6, 6.07) is 5.38. The van der Waals surface area contributed by atoms with Crippen molar-refractivity contribution in [1.82, 2.24) is 24.6 Å². The van der Waals surface area contributed by atoms with Crippen molar-refractivity contribution in [2.24, 2.45) is 12.0 Å². The summed E-state index contributed by atoms with van der Waals surface area (Å²) in [4.78, 5) is 14.8. The van der Waals surface area contributed by atoms with Crippen molar-refractivity contribution >= 4 is 45.9 Å². The van der Waals surface area contributed by atoms with E-state index in [-0.39, 0.29) is 10.3 Å². The summed E-state index contributed by atoms with van der Waals surface area (Å²) in [6.07, 6.45) is 2.74. The number of nitrogens with zero attached hydrogens (tertiary/aromatic N) is 7. The van der Waals surface area contributed by atoms with Gasteiger partial charge in [0.2, 0.25) is 12.2 Å². The second-order valence-electron chi connectivity index (χ2n) is 7.85. The zero-order chi connectivity index (χ0) is 23.4. The zero-order valence-electron chi connectivity index (χ0n) is 18.8. The van der Waals surface area contributed by atoms with Crippen molar-refractivity contribution in [3.8, 4) is 6.19 Å². The summed E-state index contributed by atoms with van der Waals surface area (Å²) in [5.74, 6) is 0.704. The molecular formula is C22H26Cl2N8. The number of aryl methyl sites for hydroxylation is 2. The second kappa shape index (κ2) is 10.2. The molecule has 10 heteroatoms. The van der Waals surface area contributed by atoms with Crippen LogP contribution in [-0.4, -0.2) is 37.2 Å². The van der Waals surface area contributed by atoms with Gasteiger partial charge in [-0.2, -0.15) is 10.4 Å². The lowest BCUT2D eigenvalue weighted by atomic mass is 9.98. The number of hydrogen-bond donors (Lipinski definition) is 1. The Morgan fingerprint density at radius 3 is 2.53 bits per heavy atom. The highest BCUT2D eigenvalue weighted by Crippen LogP contribution is 2.28. The van der Waals surface area contributed by atoms with Gasteiger partial charge in [0.15, 0.2) is 5.65 Å². The number of hydrogen-bond acceptors (Lipinski definition) is 5. The van der Waals surface area contributed by atoms with Gasteiger partial charge in [-0.3, -0.25) is 4.68 Å². The van der Waals surface area contributed by atoms with Gasteiger partial charge >= 0.3 is 0 Å². The predicted octanol–water partition coefficient (Wildman–Crippen LogP) is 5.26. The first kappa shape index (κ1) is 23.8. The third-order valence-corrected chi connectivity index (χ3v) is 5.38. The van der Waals surface area contributed by atoms with Gasteiger partial charge in [0.05, 0.1) is 17.9 Å². The number of fused-ring (bicyclic) bond motifs is 1. The molecule has 32 heavy (non-hydrogen) atoms. The molecule has 168 valence electrons. The molecule has 0 fully saturated rings. The first-order valence-corrected chi connectivity index (χ1v) is 11.1. The first-order valence-electron chi connectivity index (χ1n) is 10.4. The van der Waals surface area contributed by atoms with Gasteiger partial charge in [-0.15, -0.1) is 4.99 Å². The molecule has 0 radical (unpaired) electrons. The lowest BCUT2D eigenvalue weighted by Crippen LogP contribution is -2.37. The Labute approximate surface area is 197 Å².